The van der Waals surface area contributed by atoms with Gasteiger partial charge in [0.2, 0.25) is 11.8 Å². The molecule has 7 heteroatoms. The Labute approximate surface area is 202 Å². The van der Waals surface area contributed by atoms with Crippen molar-refractivity contribution in [3.8, 4) is 11.5 Å². The quantitative estimate of drug-likeness (QED) is 0.569. The van der Waals surface area contributed by atoms with E-state index >= 15 is 0 Å². The molecular formula is C27H35N3O4. The van der Waals surface area contributed by atoms with Crippen LogP contribution < -0.4 is 14.8 Å². The molecule has 2 aromatic rings. The van der Waals surface area contributed by atoms with Gasteiger partial charge in [0.05, 0.1) is 19.8 Å². The Balaban J connectivity index is 1.50. The Morgan fingerprint density at radius 1 is 0.941 bits per heavy atom. The van der Waals surface area contributed by atoms with Crippen LogP contribution in [0.25, 0.3) is 6.08 Å². The molecule has 0 bridgehead atoms. The van der Waals surface area contributed by atoms with E-state index in [1.165, 1.54) is 0 Å². The van der Waals surface area contributed by atoms with Crippen LogP contribution in [0.4, 0.5) is 5.69 Å². The highest BCUT2D eigenvalue weighted by atomic mass is 16.5. The molecule has 0 saturated carbocycles. The smallest absolute Gasteiger partial charge is 0.246 e. The standard InChI is InChI=1S/C27H35N3O4/c1-5-33-23-12-10-22(18-24(23)34-6-2)11-13-26(32)30-16-14-29(15-17-30)19-25(31)28-27-20(3)8-7-9-21(27)4/h7-13,18H,5-6,14-17,19H2,1-4H3,(H,28,31)/b13-11+. The predicted molar refractivity (Wildman–Crippen MR) is 135 cm³/mol. The number of ether oxygens (including phenoxy) is 2. The van der Waals surface area contributed by atoms with Crippen LogP contribution in [0.15, 0.2) is 42.5 Å². The van der Waals surface area contributed by atoms with Gasteiger partial charge in [-0.2, -0.15) is 0 Å². The summed E-state index contributed by atoms with van der Waals surface area (Å²) in [6, 6.07) is 11.6. The van der Waals surface area contributed by atoms with Crippen molar-refractivity contribution < 1.29 is 19.1 Å². The molecule has 0 aromatic heterocycles. The molecule has 0 atom stereocenters. The molecule has 3 rings (SSSR count). The Bertz CT molecular complexity index is 1010. The number of nitrogens with zero attached hydrogens (tertiary/aromatic N) is 2. The number of piperazine rings is 1. The second kappa shape index (κ2) is 12.2. The first kappa shape index (κ1) is 25.3. The maximum absolute atomic E-state index is 12.7. The SMILES string of the molecule is CCOc1ccc(/C=C/C(=O)N2CCN(CC(=O)Nc3c(C)cccc3C)CC2)cc1OCC. The number of hydrogen-bond donors (Lipinski definition) is 1. The van der Waals surface area contributed by atoms with Gasteiger partial charge in [0.25, 0.3) is 0 Å². The van der Waals surface area contributed by atoms with Crippen molar-refractivity contribution >= 4 is 23.6 Å². The lowest BCUT2D eigenvalue weighted by atomic mass is 10.1. The first-order valence-corrected chi connectivity index (χ1v) is 11.9. The largest absolute Gasteiger partial charge is 0.490 e. The number of anilines is 1. The number of amides is 2. The van der Waals surface area contributed by atoms with Gasteiger partial charge in [-0.3, -0.25) is 14.5 Å². The maximum atomic E-state index is 12.7. The molecule has 1 saturated heterocycles. The number of para-hydroxylation sites is 1. The van der Waals surface area contributed by atoms with E-state index in [-0.39, 0.29) is 11.8 Å². The lowest BCUT2D eigenvalue weighted by Gasteiger charge is -2.33. The summed E-state index contributed by atoms with van der Waals surface area (Å²) in [5.74, 6) is 1.31. The summed E-state index contributed by atoms with van der Waals surface area (Å²) in [6.45, 7) is 11.8. The summed E-state index contributed by atoms with van der Waals surface area (Å²) in [7, 11) is 0. The highest BCUT2D eigenvalue weighted by Gasteiger charge is 2.21. The molecule has 0 unspecified atom stereocenters. The van der Waals surface area contributed by atoms with Crippen LogP contribution in [0.1, 0.15) is 30.5 Å². The molecule has 0 aliphatic carbocycles. The van der Waals surface area contributed by atoms with Gasteiger partial charge in [-0.1, -0.05) is 24.3 Å². The lowest BCUT2D eigenvalue weighted by Crippen LogP contribution is -2.50. The lowest BCUT2D eigenvalue weighted by molar-refractivity contribution is -0.127. The Morgan fingerprint density at radius 3 is 2.24 bits per heavy atom. The predicted octanol–water partition coefficient (Wildman–Crippen LogP) is 3.90. The third-order valence-corrected chi connectivity index (χ3v) is 5.78. The topological polar surface area (TPSA) is 71.1 Å². The molecule has 7 nitrogen and oxygen atoms in total. The third-order valence-electron chi connectivity index (χ3n) is 5.78. The van der Waals surface area contributed by atoms with E-state index in [2.05, 4.69) is 10.2 Å². The number of aryl methyl sites for hydroxylation is 2. The first-order valence-electron chi connectivity index (χ1n) is 11.9. The molecule has 1 aliphatic rings. The van der Waals surface area contributed by atoms with Gasteiger partial charge in [0.1, 0.15) is 0 Å². The summed E-state index contributed by atoms with van der Waals surface area (Å²) >= 11 is 0. The van der Waals surface area contributed by atoms with E-state index < -0.39 is 0 Å². The van der Waals surface area contributed by atoms with Gasteiger partial charge in [0, 0.05) is 37.9 Å². The average Bonchev–Trinajstić information content (AvgIpc) is 2.82. The number of hydrogen-bond acceptors (Lipinski definition) is 5. The van der Waals surface area contributed by atoms with E-state index in [1.807, 2.05) is 69.0 Å². The van der Waals surface area contributed by atoms with E-state index in [0.29, 0.717) is 57.4 Å². The highest BCUT2D eigenvalue weighted by molar-refractivity contribution is 5.94. The molecule has 34 heavy (non-hydrogen) atoms. The van der Waals surface area contributed by atoms with Crippen LogP contribution in [0.2, 0.25) is 0 Å². The van der Waals surface area contributed by atoms with Crippen molar-refractivity contribution in [1.29, 1.82) is 0 Å². The zero-order valence-electron chi connectivity index (χ0n) is 20.6. The van der Waals surface area contributed by atoms with Crippen LogP contribution in [-0.2, 0) is 9.59 Å². The normalized spacial score (nSPS) is 14.3. The fourth-order valence-corrected chi connectivity index (χ4v) is 3.96. The molecule has 0 radical (unpaired) electrons. The van der Waals surface area contributed by atoms with Crippen molar-refractivity contribution in [2.24, 2.45) is 0 Å². The van der Waals surface area contributed by atoms with E-state index in [0.717, 1.165) is 22.4 Å². The second-order valence-electron chi connectivity index (χ2n) is 8.32. The summed E-state index contributed by atoms with van der Waals surface area (Å²) in [5, 5.41) is 3.03. The van der Waals surface area contributed by atoms with Crippen LogP contribution in [0.3, 0.4) is 0 Å². The van der Waals surface area contributed by atoms with Gasteiger partial charge >= 0.3 is 0 Å². The number of rotatable bonds is 9. The average molecular weight is 466 g/mol. The zero-order chi connectivity index (χ0) is 24.5. The van der Waals surface area contributed by atoms with Gasteiger partial charge in [0.15, 0.2) is 11.5 Å². The molecule has 2 amide bonds. The van der Waals surface area contributed by atoms with Crippen molar-refractivity contribution in [3.05, 3.63) is 59.2 Å². The first-order chi connectivity index (χ1) is 16.4. The van der Waals surface area contributed by atoms with Crippen LogP contribution >= 0.6 is 0 Å². The monoisotopic (exact) mass is 465 g/mol. The zero-order valence-corrected chi connectivity index (χ0v) is 20.6. The van der Waals surface area contributed by atoms with Crippen LogP contribution in [-0.4, -0.2) is 67.6 Å². The number of carbonyl (C=O) groups excluding carboxylic acids is 2. The van der Waals surface area contributed by atoms with Gasteiger partial charge in [-0.05, 0) is 62.6 Å². The number of carbonyl (C=O) groups is 2. The van der Waals surface area contributed by atoms with E-state index in [1.54, 1.807) is 12.2 Å². The minimum absolute atomic E-state index is 0.0299. The van der Waals surface area contributed by atoms with Crippen molar-refractivity contribution in [2.45, 2.75) is 27.7 Å². The molecular weight excluding hydrogens is 430 g/mol. The molecule has 1 fully saturated rings. The summed E-state index contributed by atoms with van der Waals surface area (Å²) < 4.78 is 11.2. The van der Waals surface area contributed by atoms with Gasteiger partial charge in [-0.25, -0.2) is 0 Å². The second-order valence-corrected chi connectivity index (χ2v) is 8.32. The van der Waals surface area contributed by atoms with Crippen LogP contribution in [0, 0.1) is 13.8 Å². The highest BCUT2D eigenvalue weighted by Crippen LogP contribution is 2.29. The summed E-state index contributed by atoms with van der Waals surface area (Å²) in [4.78, 5) is 29.1. The van der Waals surface area contributed by atoms with Gasteiger partial charge < -0.3 is 19.7 Å². The fraction of sp³-hybridized carbons (Fsp3) is 0.407. The molecule has 1 N–H and O–H groups in total. The molecule has 0 spiro atoms. The van der Waals surface area contributed by atoms with Crippen molar-refractivity contribution in [2.75, 3.05) is 51.3 Å². The Morgan fingerprint density at radius 2 is 1.59 bits per heavy atom. The fourth-order valence-electron chi connectivity index (χ4n) is 3.96. The summed E-state index contributed by atoms with van der Waals surface area (Å²) in [5.41, 5.74) is 3.86. The molecule has 2 aromatic carbocycles. The molecule has 1 heterocycles. The van der Waals surface area contributed by atoms with E-state index in [4.69, 9.17) is 9.47 Å². The Hall–Kier alpha value is -3.32. The van der Waals surface area contributed by atoms with Crippen LogP contribution in [0.5, 0.6) is 11.5 Å². The molecule has 1 aliphatic heterocycles. The number of nitrogens with one attached hydrogen (secondary N) is 1. The summed E-state index contributed by atoms with van der Waals surface area (Å²) in [6.07, 6.45) is 3.39. The van der Waals surface area contributed by atoms with E-state index in [9.17, 15) is 9.59 Å². The Kier molecular flexibility index (Phi) is 9.10. The van der Waals surface area contributed by atoms with Crippen molar-refractivity contribution in [3.63, 3.8) is 0 Å². The third kappa shape index (κ3) is 6.84. The minimum atomic E-state index is -0.0357. The minimum Gasteiger partial charge on any atom is -0.490 e. The number of benzene rings is 2. The maximum Gasteiger partial charge on any atom is 0.246 e. The molecule has 182 valence electrons. The van der Waals surface area contributed by atoms with Gasteiger partial charge in [-0.15, -0.1) is 0 Å². The van der Waals surface area contributed by atoms with Crippen molar-refractivity contribution in [1.82, 2.24) is 9.80 Å².